The lowest BCUT2D eigenvalue weighted by Gasteiger charge is -2.16. The Bertz CT molecular complexity index is 678. The van der Waals surface area contributed by atoms with Gasteiger partial charge in [0.25, 0.3) is 0 Å². The molecule has 1 unspecified atom stereocenters. The third-order valence-electron chi connectivity index (χ3n) is 3.07. The zero-order chi connectivity index (χ0) is 18.9. The molecule has 0 radical (unpaired) electrons. The Hall–Kier alpha value is -2.82. The van der Waals surface area contributed by atoms with E-state index >= 15 is 0 Å². The van der Waals surface area contributed by atoms with Crippen molar-refractivity contribution in [1.29, 1.82) is 0 Å². The van der Waals surface area contributed by atoms with Crippen molar-refractivity contribution < 1.29 is 14.7 Å². The van der Waals surface area contributed by atoms with Crippen LogP contribution in [0.2, 0.25) is 0 Å². The van der Waals surface area contributed by atoms with Crippen molar-refractivity contribution in [2.75, 3.05) is 6.54 Å². The number of Topliss-reactive ketones (excluding diaryl/α,β-unsaturated/α-hetero) is 2. The number of nitrogens with two attached hydrogens (primary N) is 2. The molecule has 0 aromatic rings. The summed E-state index contributed by atoms with van der Waals surface area (Å²) >= 11 is 0. The van der Waals surface area contributed by atoms with Crippen molar-refractivity contribution >= 4 is 11.6 Å². The molecule has 0 aliphatic carbocycles. The highest BCUT2D eigenvalue weighted by Gasteiger charge is 2.29. The van der Waals surface area contributed by atoms with Crippen LogP contribution in [0.1, 0.15) is 20.3 Å². The molecule has 7 heteroatoms. The normalized spacial score (nSPS) is 14.3. The molecule has 0 aromatic heterocycles. The average molecular weight is 331 g/mol. The van der Waals surface area contributed by atoms with E-state index < -0.39 is 23.4 Å². The topological polar surface area (TPSA) is 136 Å². The molecule has 0 amide bonds. The SMILES string of the molecule is C#CC(N)/C(C(=O)/C(=C/CCN)C(=C)N=O)=C(C(C)=O)\C(O)=C/C. The predicted octanol–water partition coefficient (Wildman–Crippen LogP) is 1.42. The molecule has 0 bridgehead atoms. The van der Waals surface area contributed by atoms with Crippen LogP contribution < -0.4 is 11.5 Å². The first-order chi connectivity index (χ1) is 11.3. The molecule has 1 atom stereocenters. The highest BCUT2D eigenvalue weighted by Crippen LogP contribution is 2.24. The number of aliphatic hydroxyl groups is 1. The Morgan fingerprint density at radius 2 is 2.04 bits per heavy atom. The second-order valence-electron chi connectivity index (χ2n) is 4.73. The molecule has 24 heavy (non-hydrogen) atoms. The van der Waals surface area contributed by atoms with Gasteiger partial charge < -0.3 is 16.6 Å². The van der Waals surface area contributed by atoms with Crippen molar-refractivity contribution in [3.63, 3.8) is 0 Å². The predicted molar refractivity (Wildman–Crippen MR) is 92.6 cm³/mol. The number of rotatable bonds is 9. The van der Waals surface area contributed by atoms with Crippen LogP contribution in [0.5, 0.6) is 0 Å². The summed E-state index contributed by atoms with van der Waals surface area (Å²) < 4.78 is 0. The van der Waals surface area contributed by atoms with Crippen LogP contribution in [-0.2, 0) is 9.59 Å². The first-order valence-corrected chi connectivity index (χ1v) is 7.06. The van der Waals surface area contributed by atoms with Crippen LogP contribution in [0.15, 0.2) is 52.1 Å². The first kappa shape index (κ1) is 21.2. The molecule has 0 spiro atoms. The highest BCUT2D eigenvalue weighted by atomic mass is 16.3. The van der Waals surface area contributed by atoms with E-state index in [0.717, 1.165) is 6.92 Å². The van der Waals surface area contributed by atoms with Crippen molar-refractivity contribution in [2.24, 2.45) is 16.6 Å². The molecule has 0 saturated heterocycles. The summed E-state index contributed by atoms with van der Waals surface area (Å²) in [6, 6.07) is -1.28. The van der Waals surface area contributed by atoms with Gasteiger partial charge in [-0.3, -0.25) is 9.59 Å². The summed E-state index contributed by atoms with van der Waals surface area (Å²) in [5, 5.41) is 12.6. The fourth-order valence-corrected chi connectivity index (χ4v) is 1.91. The average Bonchev–Trinajstić information content (AvgIpc) is 2.57. The van der Waals surface area contributed by atoms with Gasteiger partial charge >= 0.3 is 0 Å². The van der Waals surface area contributed by atoms with E-state index in [1.54, 1.807) is 0 Å². The second-order valence-corrected chi connectivity index (χ2v) is 4.73. The number of nitroso groups, excluding NO2 is 1. The number of ketones is 2. The number of hydrogen-bond acceptors (Lipinski definition) is 7. The lowest BCUT2D eigenvalue weighted by atomic mass is 9.89. The summed E-state index contributed by atoms with van der Waals surface area (Å²) in [6.45, 7) is 6.23. The molecule has 0 saturated carbocycles. The van der Waals surface area contributed by atoms with Gasteiger partial charge in [0.05, 0.1) is 11.6 Å². The van der Waals surface area contributed by atoms with Gasteiger partial charge in [-0.1, -0.05) is 18.6 Å². The molecule has 0 heterocycles. The number of nitrogens with zero attached hydrogens (tertiary/aromatic N) is 1. The van der Waals surface area contributed by atoms with E-state index in [0.29, 0.717) is 0 Å². The lowest BCUT2D eigenvalue weighted by molar-refractivity contribution is -0.115. The number of carbonyl (C=O) groups is 2. The minimum absolute atomic E-state index is 0.168. The van der Waals surface area contributed by atoms with Crippen molar-refractivity contribution in [3.05, 3.63) is 51.8 Å². The molecule has 5 N–H and O–H groups in total. The van der Waals surface area contributed by atoms with E-state index in [2.05, 4.69) is 17.7 Å². The van der Waals surface area contributed by atoms with Gasteiger partial charge in [0.1, 0.15) is 11.5 Å². The number of hydrogen-bond donors (Lipinski definition) is 3. The molecule has 0 aromatic carbocycles. The van der Waals surface area contributed by atoms with Gasteiger partial charge in [-0.05, 0) is 38.1 Å². The molecular weight excluding hydrogens is 310 g/mol. The van der Waals surface area contributed by atoms with Gasteiger partial charge in [0, 0.05) is 11.1 Å². The van der Waals surface area contributed by atoms with Crippen molar-refractivity contribution in [3.8, 4) is 12.3 Å². The maximum absolute atomic E-state index is 12.8. The van der Waals surface area contributed by atoms with Gasteiger partial charge in [-0.25, -0.2) is 0 Å². The molecule has 7 nitrogen and oxygen atoms in total. The first-order valence-electron chi connectivity index (χ1n) is 7.06. The molecule has 0 rings (SSSR count). The van der Waals surface area contributed by atoms with Crippen LogP contribution in [0.25, 0.3) is 0 Å². The maximum atomic E-state index is 12.8. The third-order valence-corrected chi connectivity index (χ3v) is 3.07. The Kier molecular flexibility index (Phi) is 8.87. The van der Waals surface area contributed by atoms with E-state index in [1.807, 2.05) is 0 Å². The summed E-state index contributed by atoms with van der Waals surface area (Å²) in [6.07, 6.45) is 8.13. The Morgan fingerprint density at radius 3 is 2.42 bits per heavy atom. The molecule has 0 fully saturated rings. The third kappa shape index (κ3) is 5.12. The number of terminal acetylenes is 1. The standard InChI is InChI=1S/C17H21N3O4/c1-5-13(19)16(15(11(4)21)14(22)6-2)17(23)12(8-7-9-18)10(3)20-24/h1,6,8,13,22H,3,7,9,18-19H2,2,4H3/b12-8+,14-6+,16-15+. The van der Waals surface area contributed by atoms with Gasteiger partial charge in [0.15, 0.2) is 11.6 Å². The minimum Gasteiger partial charge on any atom is -0.508 e. The highest BCUT2D eigenvalue weighted by molar-refractivity contribution is 6.17. The molecule has 0 aliphatic heterocycles. The molecule has 128 valence electrons. The summed E-state index contributed by atoms with van der Waals surface area (Å²) in [4.78, 5) is 35.5. The van der Waals surface area contributed by atoms with Gasteiger partial charge in [0.2, 0.25) is 0 Å². The van der Waals surface area contributed by atoms with Gasteiger partial charge in [-0.15, -0.1) is 11.3 Å². The smallest absolute Gasteiger partial charge is 0.194 e. The van der Waals surface area contributed by atoms with Crippen LogP contribution in [0, 0.1) is 17.3 Å². The number of allylic oxidation sites excluding steroid dienone is 3. The van der Waals surface area contributed by atoms with E-state index in [9.17, 15) is 19.6 Å². The minimum atomic E-state index is -1.28. The second kappa shape index (κ2) is 10.0. The fraction of sp³-hybridized carbons (Fsp3) is 0.294. The van der Waals surface area contributed by atoms with E-state index in [-0.39, 0.29) is 35.4 Å². The maximum Gasteiger partial charge on any atom is 0.194 e. The number of aliphatic hydroxyl groups excluding tert-OH is 1. The van der Waals surface area contributed by atoms with Crippen molar-refractivity contribution in [2.45, 2.75) is 26.3 Å². The Labute approximate surface area is 140 Å². The van der Waals surface area contributed by atoms with E-state index in [1.165, 1.54) is 19.1 Å². The fourth-order valence-electron chi connectivity index (χ4n) is 1.91. The van der Waals surface area contributed by atoms with Crippen molar-refractivity contribution in [1.82, 2.24) is 0 Å². The van der Waals surface area contributed by atoms with E-state index in [4.69, 9.17) is 17.9 Å². The lowest BCUT2D eigenvalue weighted by Crippen LogP contribution is -2.30. The zero-order valence-electron chi connectivity index (χ0n) is 13.7. The Morgan fingerprint density at radius 1 is 1.46 bits per heavy atom. The molecule has 0 aliphatic rings. The van der Waals surface area contributed by atoms with Crippen LogP contribution in [0.4, 0.5) is 0 Å². The monoisotopic (exact) mass is 331 g/mol. The summed E-state index contributed by atoms with van der Waals surface area (Å²) in [5.41, 5.74) is 10.0. The van der Waals surface area contributed by atoms with Crippen LogP contribution in [-0.4, -0.2) is 29.3 Å². The molecular formula is C17H21N3O4. The number of carbonyl (C=O) groups excluding carboxylic acids is 2. The summed E-state index contributed by atoms with van der Waals surface area (Å²) in [5.74, 6) is 0.284. The summed E-state index contributed by atoms with van der Waals surface area (Å²) in [7, 11) is 0. The van der Waals surface area contributed by atoms with Crippen LogP contribution >= 0.6 is 0 Å². The van der Waals surface area contributed by atoms with Gasteiger partial charge in [-0.2, -0.15) is 0 Å². The largest absolute Gasteiger partial charge is 0.508 e. The quantitative estimate of drug-likeness (QED) is 0.192. The van der Waals surface area contributed by atoms with Crippen LogP contribution in [0.3, 0.4) is 0 Å². The Balaban J connectivity index is 6.62. The zero-order valence-corrected chi connectivity index (χ0v) is 13.7.